The average Bonchev–Trinajstić information content (AvgIpc) is 2.42. The molecule has 0 bridgehead atoms. The maximum absolute atomic E-state index is 13.9. The molecule has 80 valence electrons. The van der Waals surface area contributed by atoms with Crippen LogP contribution < -0.4 is 0 Å². The molecule has 0 fully saturated rings. The molecule has 1 N–H and O–H groups in total. The largest absolute Gasteiger partial charge is 0.508 e. The van der Waals surface area contributed by atoms with Crippen molar-refractivity contribution in [1.29, 1.82) is 0 Å². The van der Waals surface area contributed by atoms with Gasteiger partial charge in [0.05, 0.1) is 0 Å². The van der Waals surface area contributed by atoms with Crippen molar-refractivity contribution in [2.75, 3.05) is 0 Å². The maximum Gasteiger partial charge on any atom is 0.132 e. The van der Waals surface area contributed by atoms with E-state index in [1.165, 1.54) is 13.8 Å². The van der Waals surface area contributed by atoms with Gasteiger partial charge in [0.25, 0.3) is 0 Å². The summed E-state index contributed by atoms with van der Waals surface area (Å²) in [5.74, 6) is 0.166. The number of nitrogens with zero attached hydrogens (tertiary/aromatic N) is 1. The van der Waals surface area contributed by atoms with Crippen molar-refractivity contribution < 1.29 is 9.50 Å². The molecule has 0 aliphatic heterocycles. The van der Waals surface area contributed by atoms with Crippen molar-refractivity contribution in [1.82, 2.24) is 4.57 Å². The fourth-order valence-electron chi connectivity index (χ4n) is 1.85. The molecular formula is C12H14FNO. The van der Waals surface area contributed by atoms with Crippen molar-refractivity contribution in [3.63, 3.8) is 0 Å². The number of fused-ring (bicyclic) bond motifs is 1. The molecule has 0 saturated heterocycles. The highest BCUT2D eigenvalue weighted by Gasteiger charge is 2.23. The van der Waals surface area contributed by atoms with Crippen LogP contribution in [0.25, 0.3) is 10.9 Å². The number of aryl methyl sites for hydroxylation is 1. The zero-order valence-corrected chi connectivity index (χ0v) is 9.08. The molecule has 0 saturated carbocycles. The lowest BCUT2D eigenvalue weighted by Gasteiger charge is -2.12. The number of aromatic hydroxyl groups is 1. The Bertz CT molecular complexity index is 508. The van der Waals surface area contributed by atoms with Crippen LogP contribution in [0.3, 0.4) is 0 Å². The second kappa shape index (κ2) is 2.99. The summed E-state index contributed by atoms with van der Waals surface area (Å²) >= 11 is 0. The lowest BCUT2D eigenvalue weighted by atomic mass is 10.00. The van der Waals surface area contributed by atoms with Gasteiger partial charge in [-0.05, 0) is 32.0 Å². The third kappa shape index (κ3) is 1.58. The van der Waals surface area contributed by atoms with Crippen LogP contribution in [0.1, 0.15) is 19.4 Å². The third-order valence-electron chi connectivity index (χ3n) is 2.61. The Balaban J connectivity index is 2.81. The fourth-order valence-corrected chi connectivity index (χ4v) is 1.85. The van der Waals surface area contributed by atoms with E-state index in [-0.39, 0.29) is 5.75 Å². The van der Waals surface area contributed by atoms with Gasteiger partial charge in [-0.1, -0.05) is 0 Å². The van der Waals surface area contributed by atoms with Crippen LogP contribution in [-0.4, -0.2) is 9.67 Å². The molecule has 2 rings (SSSR count). The number of benzene rings is 1. The van der Waals surface area contributed by atoms with E-state index in [1.54, 1.807) is 24.4 Å². The Morgan fingerprint density at radius 3 is 2.60 bits per heavy atom. The van der Waals surface area contributed by atoms with Gasteiger partial charge in [-0.2, -0.15) is 0 Å². The lowest BCUT2D eigenvalue weighted by Crippen LogP contribution is -2.07. The first-order valence-corrected chi connectivity index (χ1v) is 4.87. The Hall–Kier alpha value is -1.51. The standard InChI is InChI=1S/C12H14FNO/c1-12(2,13)10-7-14(3)11-5-4-8(15)6-9(10)11/h4-7,15H,1-3H3. The summed E-state index contributed by atoms with van der Waals surface area (Å²) < 4.78 is 15.8. The molecule has 2 aromatic rings. The second-order valence-electron chi connectivity index (χ2n) is 4.33. The minimum absolute atomic E-state index is 0.166. The normalized spacial score (nSPS) is 12.3. The van der Waals surface area contributed by atoms with Crippen LogP contribution in [0.2, 0.25) is 0 Å². The van der Waals surface area contributed by atoms with E-state index in [1.807, 2.05) is 11.6 Å². The smallest absolute Gasteiger partial charge is 0.132 e. The van der Waals surface area contributed by atoms with Gasteiger partial charge in [-0.3, -0.25) is 0 Å². The molecule has 1 aromatic heterocycles. The Morgan fingerprint density at radius 1 is 1.33 bits per heavy atom. The van der Waals surface area contributed by atoms with Gasteiger partial charge in [0.1, 0.15) is 11.4 Å². The zero-order valence-electron chi connectivity index (χ0n) is 9.08. The second-order valence-corrected chi connectivity index (χ2v) is 4.33. The zero-order chi connectivity index (χ0) is 11.2. The lowest BCUT2D eigenvalue weighted by molar-refractivity contribution is 0.223. The number of halogens is 1. The SMILES string of the molecule is Cn1cc(C(C)(C)F)c2cc(O)ccc21. The van der Waals surface area contributed by atoms with Crippen LogP contribution in [0.15, 0.2) is 24.4 Å². The molecule has 0 spiro atoms. The van der Waals surface area contributed by atoms with Crippen LogP contribution in [0.5, 0.6) is 5.75 Å². The van der Waals surface area contributed by atoms with Crippen molar-refractivity contribution >= 4 is 10.9 Å². The molecule has 2 nitrogen and oxygen atoms in total. The first-order valence-electron chi connectivity index (χ1n) is 4.87. The van der Waals surface area contributed by atoms with Crippen molar-refractivity contribution in [3.8, 4) is 5.75 Å². The molecule has 0 amide bonds. The van der Waals surface area contributed by atoms with Crippen molar-refractivity contribution in [2.24, 2.45) is 7.05 Å². The molecule has 1 heterocycles. The van der Waals surface area contributed by atoms with Gasteiger partial charge in [0, 0.05) is 29.7 Å². The van der Waals surface area contributed by atoms with Gasteiger partial charge in [0.2, 0.25) is 0 Å². The molecule has 15 heavy (non-hydrogen) atoms. The molecule has 0 unspecified atom stereocenters. The maximum atomic E-state index is 13.9. The number of hydrogen-bond donors (Lipinski definition) is 1. The average molecular weight is 207 g/mol. The first kappa shape index (κ1) is 10.0. The topological polar surface area (TPSA) is 25.2 Å². The van der Waals surface area contributed by atoms with E-state index in [0.717, 1.165) is 10.9 Å². The molecule has 0 radical (unpaired) electrons. The van der Waals surface area contributed by atoms with E-state index in [9.17, 15) is 9.50 Å². The van der Waals surface area contributed by atoms with Crippen LogP contribution >= 0.6 is 0 Å². The molecule has 0 atom stereocenters. The summed E-state index contributed by atoms with van der Waals surface area (Å²) in [5, 5.41) is 10.2. The van der Waals surface area contributed by atoms with E-state index in [0.29, 0.717) is 5.56 Å². The van der Waals surface area contributed by atoms with Gasteiger partial charge >= 0.3 is 0 Å². The molecular weight excluding hydrogens is 193 g/mol. The first-order chi connectivity index (χ1) is 6.89. The van der Waals surface area contributed by atoms with E-state index in [4.69, 9.17) is 0 Å². The summed E-state index contributed by atoms with van der Waals surface area (Å²) in [4.78, 5) is 0. The summed E-state index contributed by atoms with van der Waals surface area (Å²) in [6.45, 7) is 3.04. The molecule has 0 aliphatic rings. The third-order valence-corrected chi connectivity index (χ3v) is 2.61. The summed E-state index contributed by atoms with van der Waals surface area (Å²) in [5.41, 5.74) is 0.136. The van der Waals surface area contributed by atoms with Crippen molar-refractivity contribution in [2.45, 2.75) is 19.5 Å². The molecule has 3 heteroatoms. The monoisotopic (exact) mass is 207 g/mol. The van der Waals surface area contributed by atoms with Gasteiger partial charge in [-0.15, -0.1) is 0 Å². The van der Waals surface area contributed by atoms with Crippen molar-refractivity contribution in [3.05, 3.63) is 30.0 Å². The highest BCUT2D eigenvalue weighted by atomic mass is 19.1. The van der Waals surface area contributed by atoms with Crippen LogP contribution in [-0.2, 0) is 12.7 Å². The Labute approximate surface area is 88.0 Å². The van der Waals surface area contributed by atoms with Gasteiger partial charge in [-0.25, -0.2) is 4.39 Å². The number of rotatable bonds is 1. The number of phenolic OH excluding ortho intramolecular Hbond substituents is 1. The van der Waals surface area contributed by atoms with E-state index in [2.05, 4.69) is 0 Å². The van der Waals surface area contributed by atoms with Crippen LogP contribution in [0, 0.1) is 0 Å². The predicted molar refractivity (Wildman–Crippen MR) is 58.7 cm³/mol. The minimum atomic E-state index is -1.40. The highest BCUT2D eigenvalue weighted by Crippen LogP contribution is 2.34. The Kier molecular flexibility index (Phi) is 2.00. The summed E-state index contributed by atoms with van der Waals surface area (Å²) in [7, 11) is 1.87. The summed E-state index contributed by atoms with van der Waals surface area (Å²) in [6, 6.07) is 5.00. The summed E-state index contributed by atoms with van der Waals surface area (Å²) in [6.07, 6.45) is 1.77. The Morgan fingerprint density at radius 2 is 2.00 bits per heavy atom. The predicted octanol–water partition coefficient (Wildman–Crippen LogP) is 3.09. The van der Waals surface area contributed by atoms with Gasteiger partial charge < -0.3 is 9.67 Å². The minimum Gasteiger partial charge on any atom is -0.508 e. The number of phenols is 1. The number of alkyl halides is 1. The number of hydrogen-bond acceptors (Lipinski definition) is 1. The fraction of sp³-hybridized carbons (Fsp3) is 0.333. The van der Waals surface area contributed by atoms with Gasteiger partial charge in [0.15, 0.2) is 0 Å². The van der Waals surface area contributed by atoms with Crippen LogP contribution in [0.4, 0.5) is 4.39 Å². The quantitative estimate of drug-likeness (QED) is 0.763. The molecule has 0 aliphatic carbocycles. The number of aromatic nitrogens is 1. The highest BCUT2D eigenvalue weighted by molar-refractivity contribution is 5.86. The molecule has 1 aromatic carbocycles. The van der Waals surface area contributed by atoms with E-state index < -0.39 is 5.67 Å². The van der Waals surface area contributed by atoms with E-state index >= 15 is 0 Å².